The second kappa shape index (κ2) is 16.6. The Hall–Kier alpha value is -0.570. The predicted molar refractivity (Wildman–Crippen MR) is 113 cm³/mol. The lowest BCUT2D eigenvalue weighted by molar-refractivity contribution is -0.127. The Morgan fingerprint density at radius 3 is 1.69 bits per heavy atom. The van der Waals surface area contributed by atoms with E-state index in [-0.39, 0.29) is 6.04 Å². The van der Waals surface area contributed by atoms with E-state index in [1.165, 1.54) is 96.3 Å². The van der Waals surface area contributed by atoms with Gasteiger partial charge in [0.2, 0.25) is 5.91 Å². The number of carbonyl (C=O) groups is 1. The number of nitrogens with two attached hydrogens (primary N) is 1. The van der Waals surface area contributed by atoms with Gasteiger partial charge in [-0.05, 0) is 12.8 Å². The van der Waals surface area contributed by atoms with E-state index in [0.29, 0.717) is 5.91 Å². The zero-order valence-corrected chi connectivity index (χ0v) is 17.7. The summed E-state index contributed by atoms with van der Waals surface area (Å²) >= 11 is 0. The Bertz CT molecular complexity index is 332. The van der Waals surface area contributed by atoms with E-state index in [9.17, 15) is 4.79 Å². The third-order valence-electron chi connectivity index (χ3n) is 5.80. The minimum atomic E-state index is 0.180. The predicted octanol–water partition coefficient (Wildman–Crippen LogP) is 6.20. The van der Waals surface area contributed by atoms with Crippen molar-refractivity contribution in [2.45, 2.75) is 129 Å². The van der Waals surface area contributed by atoms with Crippen LogP contribution < -0.4 is 5.73 Å². The Labute approximate surface area is 163 Å². The monoisotopic (exact) mass is 366 g/mol. The third kappa shape index (κ3) is 12.7. The highest BCUT2D eigenvalue weighted by Gasteiger charge is 2.21. The van der Waals surface area contributed by atoms with Gasteiger partial charge in [0.15, 0.2) is 0 Å². The molecule has 0 saturated carbocycles. The fourth-order valence-electron chi connectivity index (χ4n) is 4.05. The minimum Gasteiger partial charge on any atom is -0.341 e. The van der Waals surface area contributed by atoms with Crippen LogP contribution >= 0.6 is 0 Å². The van der Waals surface area contributed by atoms with Gasteiger partial charge in [0, 0.05) is 25.6 Å². The van der Waals surface area contributed by atoms with Crippen molar-refractivity contribution in [1.29, 1.82) is 0 Å². The number of hydrogen-bond donors (Lipinski definition) is 1. The number of likely N-dealkylation sites (tertiary alicyclic amines) is 1. The van der Waals surface area contributed by atoms with Crippen molar-refractivity contribution in [1.82, 2.24) is 4.90 Å². The highest BCUT2D eigenvalue weighted by molar-refractivity contribution is 5.78. The van der Waals surface area contributed by atoms with E-state index >= 15 is 0 Å². The first-order valence-electron chi connectivity index (χ1n) is 11.8. The van der Waals surface area contributed by atoms with Crippen LogP contribution in [0.3, 0.4) is 0 Å². The van der Waals surface area contributed by atoms with Gasteiger partial charge in [0.1, 0.15) is 0 Å². The van der Waals surface area contributed by atoms with E-state index in [1.807, 2.05) is 4.90 Å². The van der Waals surface area contributed by atoms with E-state index in [0.717, 1.165) is 32.4 Å². The maximum absolute atomic E-state index is 11.6. The summed E-state index contributed by atoms with van der Waals surface area (Å²) in [6.45, 7) is 3.98. The largest absolute Gasteiger partial charge is 0.341 e. The fourth-order valence-corrected chi connectivity index (χ4v) is 4.05. The lowest BCUT2D eigenvalue weighted by atomic mass is 10.0. The van der Waals surface area contributed by atoms with Gasteiger partial charge in [0.25, 0.3) is 0 Å². The molecule has 0 aromatic rings. The molecular formula is C23H46N2O. The van der Waals surface area contributed by atoms with Crippen LogP contribution in [0, 0.1) is 0 Å². The van der Waals surface area contributed by atoms with E-state index in [1.54, 1.807) is 0 Å². The van der Waals surface area contributed by atoms with Crippen molar-refractivity contribution in [3.63, 3.8) is 0 Å². The van der Waals surface area contributed by atoms with Gasteiger partial charge in [-0.1, -0.05) is 103 Å². The molecular weight excluding hydrogens is 320 g/mol. The van der Waals surface area contributed by atoms with Crippen LogP contribution in [-0.4, -0.2) is 29.9 Å². The Kier molecular flexibility index (Phi) is 15.0. The number of amides is 1. The summed E-state index contributed by atoms with van der Waals surface area (Å²) in [6.07, 6.45) is 23.8. The summed E-state index contributed by atoms with van der Waals surface area (Å²) < 4.78 is 0. The molecule has 0 radical (unpaired) electrons. The van der Waals surface area contributed by atoms with Gasteiger partial charge in [-0.25, -0.2) is 0 Å². The van der Waals surface area contributed by atoms with Crippen LogP contribution in [0.4, 0.5) is 0 Å². The molecule has 0 aliphatic carbocycles. The summed E-state index contributed by atoms with van der Waals surface area (Å²) in [7, 11) is 0. The molecule has 0 aromatic carbocycles. The first kappa shape index (κ1) is 23.5. The van der Waals surface area contributed by atoms with Gasteiger partial charge in [0.05, 0.1) is 0 Å². The Balaban J connectivity index is 1.75. The van der Waals surface area contributed by atoms with Crippen LogP contribution in [0.5, 0.6) is 0 Å². The normalized spacial score (nSPS) is 15.8. The van der Waals surface area contributed by atoms with Crippen molar-refractivity contribution < 1.29 is 4.79 Å². The maximum Gasteiger partial charge on any atom is 0.222 e. The minimum absolute atomic E-state index is 0.180. The van der Waals surface area contributed by atoms with Crippen LogP contribution in [0.15, 0.2) is 0 Å². The summed E-state index contributed by atoms with van der Waals surface area (Å²) in [5.74, 6) is 0.303. The molecule has 0 spiro atoms. The lowest BCUT2D eigenvalue weighted by Gasteiger charge is -2.20. The maximum atomic E-state index is 11.6. The standard InChI is InChI=1S/C23H46N2O/c1-2-3-4-5-6-7-8-9-10-11-12-13-14-15-16-18-22(24)21-25-20-17-19-23(25)26/h22H,2-21,24H2,1H3. The SMILES string of the molecule is CCCCCCCCCCCCCCCCCC(N)CN1CCCC1=O. The van der Waals surface area contributed by atoms with Crippen molar-refractivity contribution in [2.75, 3.05) is 13.1 Å². The van der Waals surface area contributed by atoms with E-state index < -0.39 is 0 Å². The number of rotatable bonds is 18. The second-order valence-electron chi connectivity index (χ2n) is 8.44. The van der Waals surface area contributed by atoms with E-state index in [2.05, 4.69) is 6.92 Å². The zero-order valence-electron chi connectivity index (χ0n) is 17.7. The molecule has 1 aliphatic heterocycles. The molecule has 154 valence electrons. The molecule has 2 N–H and O–H groups in total. The molecule has 1 unspecified atom stereocenters. The topological polar surface area (TPSA) is 46.3 Å². The zero-order chi connectivity index (χ0) is 18.9. The van der Waals surface area contributed by atoms with Crippen LogP contribution in [0.2, 0.25) is 0 Å². The van der Waals surface area contributed by atoms with Crippen molar-refractivity contribution in [2.24, 2.45) is 5.73 Å². The highest BCUT2D eigenvalue weighted by atomic mass is 16.2. The quantitative estimate of drug-likeness (QED) is 0.294. The first-order chi connectivity index (χ1) is 12.7. The van der Waals surface area contributed by atoms with Crippen LogP contribution in [0.1, 0.15) is 122 Å². The second-order valence-corrected chi connectivity index (χ2v) is 8.44. The van der Waals surface area contributed by atoms with Crippen LogP contribution in [-0.2, 0) is 4.79 Å². The van der Waals surface area contributed by atoms with Crippen molar-refractivity contribution in [3.05, 3.63) is 0 Å². The van der Waals surface area contributed by atoms with Gasteiger partial charge in [-0.2, -0.15) is 0 Å². The molecule has 1 rings (SSSR count). The molecule has 3 heteroatoms. The molecule has 1 saturated heterocycles. The molecule has 1 aliphatic rings. The van der Waals surface area contributed by atoms with Crippen LogP contribution in [0.25, 0.3) is 0 Å². The average molecular weight is 367 g/mol. The highest BCUT2D eigenvalue weighted by Crippen LogP contribution is 2.15. The van der Waals surface area contributed by atoms with Crippen molar-refractivity contribution in [3.8, 4) is 0 Å². The summed E-state index contributed by atoms with van der Waals surface area (Å²) in [5, 5.41) is 0. The molecule has 26 heavy (non-hydrogen) atoms. The van der Waals surface area contributed by atoms with Crippen molar-refractivity contribution >= 4 is 5.91 Å². The summed E-state index contributed by atoms with van der Waals surface area (Å²) in [4.78, 5) is 13.5. The van der Waals surface area contributed by atoms with Gasteiger partial charge in [-0.3, -0.25) is 4.79 Å². The molecule has 1 fully saturated rings. The first-order valence-corrected chi connectivity index (χ1v) is 11.8. The van der Waals surface area contributed by atoms with E-state index in [4.69, 9.17) is 5.73 Å². The van der Waals surface area contributed by atoms with Gasteiger partial charge < -0.3 is 10.6 Å². The number of nitrogens with zero attached hydrogens (tertiary/aromatic N) is 1. The molecule has 1 amide bonds. The summed E-state index contributed by atoms with van der Waals surface area (Å²) in [6, 6.07) is 0.180. The summed E-state index contributed by atoms with van der Waals surface area (Å²) in [5.41, 5.74) is 6.18. The number of carbonyl (C=O) groups excluding carboxylic acids is 1. The molecule has 0 bridgehead atoms. The molecule has 1 heterocycles. The Morgan fingerprint density at radius 1 is 0.808 bits per heavy atom. The molecule has 3 nitrogen and oxygen atoms in total. The smallest absolute Gasteiger partial charge is 0.222 e. The third-order valence-corrected chi connectivity index (χ3v) is 5.80. The number of hydrogen-bond acceptors (Lipinski definition) is 2. The number of unbranched alkanes of at least 4 members (excludes halogenated alkanes) is 14. The van der Waals surface area contributed by atoms with Gasteiger partial charge in [-0.15, -0.1) is 0 Å². The average Bonchev–Trinajstić information content (AvgIpc) is 3.03. The molecule has 0 aromatic heterocycles. The fraction of sp³-hybridized carbons (Fsp3) is 0.957. The van der Waals surface area contributed by atoms with Gasteiger partial charge >= 0.3 is 0 Å². The lowest BCUT2D eigenvalue weighted by Crippen LogP contribution is -2.38. The Morgan fingerprint density at radius 2 is 1.27 bits per heavy atom. The molecule has 1 atom stereocenters.